The number of H-pyrrole nitrogens is 1. The van der Waals surface area contributed by atoms with Gasteiger partial charge in [0.2, 0.25) is 0 Å². The molecule has 4 rings (SSSR count). The fraction of sp³-hybridized carbons (Fsp3) is 0.0500. The van der Waals surface area contributed by atoms with Crippen molar-refractivity contribution in [2.24, 2.45) is 0 Å². The van der Waals surface area contributed by atoms with Crippen molar-refractivity contribution in [1.82, 2.24) is 20.2 Å². The molecule has 0 saturated heterocycles. The van der Waals surface area contributed by atoms with Crippen molar-refractivity contribution in [2.45, 2.75) is 6.18 Å². The first-order chi connectivity index (χ1) is 14.2. The summed E-state index contributed by atoms with van der Waals surface area (Å²) in [6, 6.07) is 8.74. The number of fused-ring (bicyclic) bond motifs is 1. The van der Waals surface area contributed by atoms with Gasteiger partial charge in [-0.3, -0.25) is 5.10 Å². The zero-order valence-corrected chi connectivity index (χ0v) is 15.1. The van der Waals surface area contributed by atoms with Crippen LogP contribution in [0.5, 0.6) is 0 Å². The van der Waals surface area contributed by atoms with Crippen LogP contribution in [-0.4, -0.2) is 20.2 Å². The number of aromatic amines is 1. The van der Waals surface area contributed by atoms with E-state index < -0.39 is 23.5 Å². The molecule has 0 fully saturated rings. The van der Waals surface area contributed by atoms with E-state index in [9.17, 15) is 22.0 Å². The molecular weight excluding hydrogens is 405 g/mol. The molecule has 0 spiro atoms. The molecule has 0 unspecified atom stereocenters. The number of hydrogen-bond acceptors (Lipinski definition) is 4. The lowest BCUT2D eigenvalue weighted by atomic mass is 10.0. The normalized spacial score (nSPS) is 11.6. The Kier molecular flexibility index (Phi) is 4.69. The number of nitrogens with zero attached hydrogens (tertiary/aromatic N) is 3. The lowest BCUT2D eigenvalue weighted by Gasteiger charge is -2.09. The lowest BCUT2D eigenvalue weighted by molar-refractivity contribution is -0.141. The van der Waals surface area contributed by atoms with E-state index in [2.05, 4.69) is 32.1 Å². The summed E-state index contributed by atoms with van der Waals surface area (Å²) in [6.45, 7) is 3.83. The predicted octanol–water partition coefficient (Wildman–Crippen LogP) is 5.40. The summed E-state index contributed by atoms with van der Waals surface area (Å²) >= 11 is 0. The number of alkyl halides is 3. The van der Waals surface area contributed by atoms with E-state index in [1.807, 2.05) is 0 Å². The minimum atomic E-state index is -4.59. The summed E-state index contributed by atoms with van der Waals surface area (Å²) in [6.07, 6.45) is -3.07. The first-order valence-electron chi connectivity index (χ1n) is 8.52. The molecule has 2 N–H and O–H groups in total. The van der Waals surface area contributed by atoms with Gasteiger partial charge < -0.3 is 5.32 Å². The Morgan fingerprint density at radius 1 is 1.03 bits per heavy atom. The van der Waals surface area contributed by atoms with Gasteiger partial charge in [-0.2, -0.15) is 18.3 Å². The van der Waals surface area contributed by atoms with Gasteiger partial charge >= 0.3 is 6.18 Å². The fourth-order valence-corrected chi connectivity index (χ4v) is 2.89. The average Bonchev–Trinajstić information content (AvgIpc) is 3.13. The van der Waals surface area contributed by atoms with E-state index in [4.69, 9.17) is 0 Å². The van der Waals surface area contributed by atoms with E-state index in [0.717, 1.165) is 12.3 Å². The Morgan fingerprint density at radius 3 is 2.53 bits per heavy atom. The highest BCUT2D eigenvalue weighted by atomic mass is 19.4. The molecule has 0 amide bonds. The molecule has 2 aromatic heterocycles. The Morgan fingerprint density at radius 2 is 1.83 bits per heavy atom. The van der Waals surface area contributed by atoms with Crippen LogP contribution in [0.1, 0.15) is 11.4 Å². The van der Waals surface area contributed by atoms with Crippen molar-refractivity contribution >= 4 is 22.4 Å². The summed E-state index contributed by atoms with van der Waals surface area (Å²) in [7, 11) is 0. The number of halogens is 5. The van der Waals surface area contributed by atoms with Gasteiger partial charge in [0.05, 0.1) is 23.6 Å². The van der Waals surface area contributed by atoms with E-state index in [-0.39, 0.29) is 17.1 Å². The van der Waals surface area contributed by atoms with Crippen molar-refractivity contribution in [3.8, 4) is 11.1 Å². The van der Waals surface area contributed by atoms with Gasteiger partial charge in [-0.25, -0.2) is 18.7 Å². The molecule has 0 aliphatic rings. The molecule has 2 aromatic carbocycles. The number of hydrogen-bond donors (Lipinski definition) is 2. The van der Waals surface area contributed by atoms with Crippen LogP contribution in [0.2, 0.25) is 0 Å². The third-order valence-electron chi connectivity index (χ3n) is 4.33. The molecule has 30 heavy (non-hydrogen) atoms. The van der Waals surface area contributed by atoms with E-state index in [0.29, 0.717) is 28.4 Å². The largest absolute Gasteiger partial charge is 0.434 e. The molecule has 0 radical (unpaired) electrons. The molecule has 5 nitrogen and oxygen atoms in total. The van der Waals surface area contributed by atoms with Crippen LogP contribution in [0.4, 0.5) is 27.8 Å². The third-order valence-corrected chi connectivity index (χ3v) is 4.33. The maximum Gasteiger partial charge on any atom is 0.434 e. The maximum atomic E-state index is 14.2. The number of benzene rings is 2. The van der Waals surface area contributed by atoms with Crippen molar-refractivity contribution in [3.05, 3.63) is 78.4 Å². The molecule has 0 bridgehead atoms. The molecule has 0 saturated carbocycles. The molecule has 0 aliphatic heterocycles. The first-order valence-corrected chi connectivity index (χ1v) is 8.52. The summed E-state index contributed by atoms with van der Waals surface area (Å²) in [4.78, 5) is 7.00. The quantitative estimate of drug-likeness (QED) is 0.437. The van der Waals surface area contributed by atoms with Crippen molar-refractivity contribution in [3.63, 3.8) is 0 Å². The lowest BCUT2D eigenvalue weighted by Crippen LogP contribution is -2.09. The highest BCUT2D eigenvalue weighted by Crippen LogP contribution is 2.31. The Balaban J connectivity index is 1.66. The van der Waals surface area contributed by atoms with Gasteiger partial charge in [-0.05, 0) is 23.8 Å². The first kappa shape index (κ1) is 19.5. The van der Waals surface area contributed by atoms with Crippen molar-refractivity contribution in [1.29, 1.82) is 0 Å². The molecule has 4 aromatic rings. The zero-order valence-electron chi connectivity index (χ0n) is 15.1. The van der Waals surface area contributed by atoms with E-state index in [1.54, 1.807) is 18.2 Å². The summed E-state index contributed by atoms with van der Waals surface area (Å²) in [5, 5.41) is 10.2. The fourth-order valence-electron chi connectivity index (χ4n) is 2.89. The minimum absolute atomic E-state index is 0.0384. The van der Waals surface area contributed by atoms with E-state index >= 15 is 0 Å². The standard InChI is InChI=1S/C20H12F5N5/c1-10(28-17-9-26-16(8-27-17)20(23,24)25)19-13-7-11(5-6-15(13)29-30-19)12-3-2-4-14(21)18(12)22/h2-9H,1H2,(H,27,28)(H,29,30). The van der Waals surface area contributed by atoms with E-state index in [1.165, 1.54) is 12.1 Å². The van der Waals surface area contributed by atoms with Crippen LogP contribution >= 0.6 is 0 Å². The summed E-state index contributed by atoms with van der Waals surface area (Å²) < 4.78 is 65.5. The monoisotopic (exact) mass is 417 g/mol. The highest BCUT2D eigenvalue weighted by Gasteiger charge is 2.32. The van der Waals surface area contributed by atoms with Crippen molar-refractivity contribution in [2.75, 3.05) is 5.32 Å². The van der Waals surface area contributed by atoms with Gasteiger partial charge in [0.15, 0.2) is 17.3 Å². The second kappa shape index (κ2) is 7.21. The van der Waals surface area contributed by atoms with Gasteiger partial charge in [0, 0.05) is 10.9 Å². The Hall–Kier alpha value is -3.82. The van der Waals surface area contributed by atoms with Crippen LogP contribution in [-0.2, 0) is 6.18 Å². The molecule has 0 atom stereocenters. The number of rotatable bonds is 4. The molecule has 0 aliphatic carbocycles. The molecule has 152 valence electrons. The van der Waals surface area contributed by atoms with Crippen molar-refractivity contribution < 1.29 is 22.0 Å². The zero-order chi connectivity index (χ0) is 21.5. The second-order valence-electron chi connectivity index (χ2n) is 6.32. The average molecular weight is 417 g/mol. The SMILES string of the molecule is C=C(Nc1cnc(C(F)(F)F)cn1)c1n[nH]c2ccc(-c3cccc(F)c3F)cc12. The molecule has 10 heteroatoms. The third kappa shape index (κ3) is 3.59. The topological polar surface area (TPSA) is 66.5 Å². The van der Waals surface area contributed by atoms with Gasteiger partial charge in [0.1, 0.15) is 11.5 Å². The van der Waals surface area contributed by atoms with Crippen LogP contribution in [0.3, 0.4) is 0 Å². The molecule has 2 heterocycles. The van der Waals surface area contributed by atoms with Gasteiger partial charge in [0.25, 0.3) is 0 Å². The highest BCUT2D eigenvalue weighted by molar-refractivity contribution is 5.94. The Labute approximate surface area is 166 Å². The predicted molar refractivity (Wildman–Crippen MR) is 101 cm³/mol. The number of nitrogens with one attached hydrogen (secondary N) is 2. The van der Waals surface area contributed by atoms with Crippen LogP contribution in [0, 0.1) is 11.6 Å². The summed E-state index contributed by atoms with van der Waals surface area (Å²) in [5.74, 6) is -1.90. The van der Waals surface area contributed by atoms with Gasteiger partial charge in [-0.15, -0.1) is 0 Å². The minimum Gasteiger partial charge on any atom is -0.338 e. The van der Waals surface area contributed by atoms with Crippen LogP contribution in [0.15, 0.2) is 55.4 Å². The van der Waals surface area contributed by atoms with Crippen LogP contribution in [0.25, 0.3) is 27.7 Å². The maximum absolute atomic E-state index is 14.2. The number of anilines is 1. The second-order valence-corrected chi connectivity index (χ2v) is 6.32. The van der Waals surface area contributed by atoms with Gasteiger partial charge in [-0.1, -0.05) is 24.8 Å². The number of aromatic nitrogens is 4. The van der Waals surface area contributed by atoms with Crippen LogP contribution < -0.4 is 5.32 Å². The smallest absolute Gasteiger partial charge is 0.338 e. The summed E-state index contributed by atoms with van der Waals surface area (Å²) in [5.41, 5.74) is 0.552. The molecular formula is C20H12F5N5. The Bertz CT molecular complexity index is 1240.